The van der Waals surface area contributed by atoms with E-state index in [4.69, 9.17) is 0 Å². The molecular formula is C20H31N3O2. The molecule has 1 aromatic carbocycles. The zero-order chi connectivity index (χ0) is 18.4. The summed E-state index contributed by atoms with van der Waals surface area (Å²) in [5.41, 5.74) is 3.64. The molecule has 1 saturated carbocycles. The monoisotopic (exact) mass is 345 g/mol. The van der Waals surface area contributed by atoms with E-state index in [9.17, 15) is 9.59 Å². The van der Waals surface area contributed by atoms with E-state index in [0.29, 0.717) is 6.54 Å². The number of nitrogens with one attached hydrogen (secondary N) is 2. The summed E-state index contributed by atoms with van der Waals surface area (Å²) in [5.74, 6) is -0.263. The van der Waals surface area contributed by atoms with Gasteiger partial charge in [0.2, 0.25) is 5.91 Å². The molecule has 0 aliphatic heterocycles. The highest BCUT2D eigenvalue weighted by Gasteiger charge is 2.22. The van der Waals surface area contributed by atoms with Crippen molar-refractivity contribution >= 4 is 11.9 Å². The van der Waals surface area contributed by atoms with Crippen LogP contribution >= 0.6 is 0 Å². The van der Waals surface area contributed by atoms with E-state index in [1.807, 2.05) is 18.9 Å². The van der Waals surface area contributed by atoms with Gasteiger partial charge < -0.3 is 5.32 Å². The summed E-state index contributed by atoms with van der Waals surface area (Å²) < 4.78 is 0. The summed E-state index contributed by atoms with van der Waals surface area (Å²) in [6.07, 6.45) is 5.54. The van der Waals surface area contributed by atoms with Gasteiger partial charge in [0.1, 0.15) is 0 Å². The van der Waals surface area contributed by atoms with E-state index < -0.39 is 0 Å². The number of urea groups is 1. The van der Waals surface area contributed by atoms with E-state index in [1.165, 1.54) is 23.1 Å². The molecule has 138 valence electrons. The maximum Gasteiger partial charge on any atom is 0.321 e. The smallest absolute Gasteiger partial charge is 0.321 e. The highest BCUT2D eigenvalue weighted by atomic mass is 16.2. The molecule has 5 heteroatoms. The standard InChI is InChI=1S/C20H31N3O2/c1-14-10-11-17(15(2)12-14)13-23(4)16(3)19(24)22-20(25)21-18-8-6-5-7-9-18/h10-12,16,18H,5-9,13H2,1-4H3,(H2,21,22,24,25)/t16-/m0/s1. The maximum atomic E-state index is 12.4. The molecule has 0 radical (unpaired) electrons. The van der Waals surface area contributed by atoms with Crippen LogP contribution in [0.15, 0.2) is 18.2 Å². The lowest BCUT2D eigenvalue weighted by atomic mass is 9.96. The SMILES string of the molecule is Cc1ccc(CN(C)[C@@H](C)C(=O)NC(=O)NC2CCCCC2)c(C)c1. The van der Waals surface area contributed by atoms with E-state index >= 15 is 0 Å². The number of hydrogen-bond acceptors (Lipinski definition) is 3. The van der Waals surface area contributed by atoms with Gasteiger partial charge in [0.05, 0.1) is 6.04 Å². The van der Waals surface area contributed by atoms with Crippen LogP contribution in [-0.2, 0) is 11.3 Å². The Labute approximate surface area is 151 Å². The van der Waals surface area contributed by atoms with Gasteiger partial charge in [-0.2, -0.15) is 0 Å². The quantitative estimate of drug-likeness (QED) is 0.861. The minimum absolute atomic E-state index is 0.199. The topological polar surface area (TPSA) is 61.4 Å². The Bertz CT molecular complexity index is 609. The number of amides is 3. The summed E-state index contributed by atoms with van der Waals surface area (Å²) in [6.45, 7) is 6.65. The van der Waals surface area contributed by atoms with Crippen molar-refractivity contribution in [3.63, 3.8) is 0 Å². The number of hydrogen-bond donors (Lipinski definition) is 2. The molecule has 0 heterocycles. The van der Waals surface area contributed by atoms with Crippen molar-refractivity contribution in [3.05, 3.63) is 34.9 Å². The third kappa shape index (κ3) is 5.85. The van der Waals surface area contributed by atoms with Gasteiger partial charge in [-0.3, -0.25) is 15.0 Å². The van der Waals surface area contributed by atoms with Crippen LogP contribution in [0, 0.1) is 13.8 Å². The van der Waals surface area contributed by atoms with Crippen molar-refractivity contribution in [2.45, 2.75) is 71.5 Å². The summed E-state index contributed by atoms with van der Waals surface area (Å²) in [5, 5.41) is 5.41. The van der Waals surface area contributed by atoms with Gasteiger partial charge in [-0.1, -0.05) is 43.0 Å². The van der Waals surface area contributed by atoms with E-state index in [2.05, 4.69) is 42.7 Å². The Morgan fingerprint density at radius 3 is 2.52 bits per heavy atom. The number of carbonyl (C=O) groups excluding carboxylic acids is 2. The van der Waals surface area contributed by atoms with Crippen molar-refractivity contribution in [2.24, 2.45) is 0 Å². The Balaban J connectivity index is 1.84. The van der Waals surface area contributed by atoms with Crippen LogP contribution < -0.4 is 10.6 Å². The minimum Gasteiger partial charge on any atom is -0.335 e. The van der Waals surface area contributed by atoms with Crippen LogP contribution in [0.2, 0.25) is 0 Å². The molecular weight excluding hydrogens is 314 g/mol. The number of benzene rings is 1. The van der Waals surface area contributed by atoms with Crippen LogP contribution in [0.4, 0.5) is 4.79 Å². The lowest BCUT2D eigenvalue weighted by Gasteiger charge is -2.26. The number of rotatable bonds is 5. The third-order valence-electron chi connectivity index (χ3n) is 5.14. The molecule has 2 rings (SSSR count). The molecule has 1 aliphatic rings. The second-order valence-electron chi connectivity index (χ2n) is 7.32. The second-order valence-corrected chi connectivity index (χ2v) is 7.32. The van der Waals surface area contributed by atoms with E-state index in [-0.39, 0.29) is 24.0 Å². The molecule has 0 saturated heterocycles. The molecule has 3 amide bonds. The van der Waals surface area contributed by atoms with Gasteiger partial charge in [0, 0.05) is 12.6 Å². The number of nitrogens with zero attached hydrogens (tertiary/aromatic N) is 1. The van der Waals surface area contributed by atoms with Crippen LogP contribution in [0.25, 0.3) is 0 Å². The largest absolute Gasteiger partial charge is 0.335 e. The van der Waals surface area contributed by atoms with Crippen molar-refractivity contribution in [2.75, 3.05) is 7.05 Å². The Morgan fingerprint density at radius 1 is 1.20 bits per heavy atom. The first kappa shape index (κ1) is 19.4. The van der Waals surface area contributed by atoms with Crippen molar-refractivity contribution in [1.29, 1.82) is 0 Å². The predicted octanol–water partition coefficient (Wildman–Crippen LogP) is 3.28. The molecule has 0 spiro atoms. The van der Waals surface area contributed by atoms with Crippen molar-refractivity contribution < 1.29 is 9.59 Å². The normalized spacial score (nSPS) is 16.5. The summed E-state index contributed by atoms with van der Waals surface area (Å²) >= 11 is 0. The minimum atomic E-state index is -0.377. The lowest BCUT2D eigenvalue weighted by molar-refractivity contribution is -0.124. The molecule has 25 heavy (non-hydrogen) atoms. The van der Waals surface area contributed by atoms with Crippen molar-refractivity contribution in [3.8, 4) is 0 Å². The van der Waals surface area contributed by atoms with Gasteiger partial charge in [-0.15, -0.1) is 0 Å². The van der Waals surface area contributed by atoms with Crippen LogP contribution in [0.5, 0.6) is 0 Å². The second kappa shape index (κ2) is 8.99. The Kier molecular flexibility index (Phi) is 7.00. The highest BCUT2D eigenvalue weighted by Crippen LogP contribution is 2.17. The summed E-state index contributed by atoms with van der Waals surface area (Å²) in [6, 6.07) is 5.78. The molecule has 1 fully saturated rings. The fourth-order valence-corrected chi connectivity index (χ4v) is 3.31. The van der Waals surface area contributed by atoms with Crippen LogP contribution in [0.3, 0.4) is 0 Å². The average molecular weight is 345 g/mol. The van der Waals surface area contributed by atoms with E-state index in [0.717, 1.165) is 25.7 Å². The Hall–Kier alpha value is -1.88. The molecule has 1 aliphatic carbocycles. The molecule has 5 nitrogen and oxygen atoms in total. The fourth-order valence-electron chi connectivity index (χ4n) is 3.31. The van der Waals surface area contributed by atoms with Gasteiger partial charge >= 0.3 is 6.03 Å². The van der Waals surface area contributed by atoms with Crippen molar-refractivity contribution in [1.82, 2.24) is 15.5 Å². The first-order chi connectivity index (χ1) is 11.9. The van der Waals surface area contributed by atoms with Gasteiger partial charge in [0.15, 0.2) is 0 Å². The molecule has 0 bridgehead atoms. The van der Waals surface area contributed by atoms with Crippen LogP contribution in [0.1, 0.15) is 55.7 Å². The zero-order valence-corrected chi connectivity index (χ0v) is 15.9. The Morgan fingerprint density at radius 2 is 1.88 bits per heavy atom. The number of likely N-dealkylation sites (N-methyl/N-ethyl adjacent to an activating group) is 1. The number of imide groups is 1. The van der Waals surface area contributed by atoms with Gasteiger partial charge in [0.25, 0.3) is 0 Å². The number of carbonyl (C=O) groups is 2. The average Bonchev–Trinajstić information content (AvgIpc) is 2.57. The molecule has 1 atom stereocenters. The first-order valence-electron chi connectivity index (χ1n) is 9.24. The van der Waals surface area contributed by atoms with Crippen LogP contribution in [-0.4, -0.2) is 36.0 Å². The van der Waals surface area contributed by atoms with E-state index in [1.54, 1.807) is 0 Å². The highest BCUT2D eigenvalue weighted by molar-refractivity contribution is 5.96. The molecule has 1 aromatic rings. The zero-order valence-electron chi connectivity index (χ0n) is 15.9. The molecule has 2 N–H and O–H groups in total. The van der Waals surface area contributed by atoms with Gasteiger partial charge in [-0.25, -0.2) is 4.79 Å². The lowest BCUT2D eigenvalue weighted by Crippen LogP contribution is -2.50. The fraction of sp³-hybridized carbons (Fsp3) is 0.600. The molecule has 0 unspecified atom stereocenters. The maximum absolute atomic E-state index is 12.4. The molecule has 0 aromatic heterocycles. The summed E-state index contributed by atoms with van der Waals surface area (Å²) in [7, 11) is 1.91. The predicted molar refractivity (Wildman–Crippen MR) is 100 cm³/mol. The van der Waals surface area contributed by atoms with Gasteiger partial charge in [-0.05, 0) is 51.8 Å². The number of aryl methyl sites for hydroxylation is 2. The summed E-state index contributed by atoms with van der Waals surface area (Å²) in [4.78, 5) is 26.3. The third-order valence-corrected chi connectivity index (χ3v) is 5.14. The first-order valence-corrected chi connectivity index (χ1v) is 9.24.